The molecule has 6 nitrogen and oxygen atoms in total. The van der Waals surface area contributed by atoms with Crippen LogP contribution in [0, 0.1) is 12.7 Å². The van der Waals surface area contributed by atoms with Gasteiger partial charge in [0.1, 0.15) is 29.0 Å². The Morgan fingerprint density at radius 1 is 0.931 bits per heavy atom. The van der Waals surface area contributed by atoms with Gasteiger partial charge in [0.05, 0.1) is 12.8 Å². The van der Waals surface area contributed by atoms with Crippen molar-refractivity contribution >= 4 is 23.0 Å². The third-order valence-corrected chi connectivity index (χ3v) is 4.96. The number of aromatic nitrogens is 2. The van der Waals surface area contributed by atoms with Crippen LogP contribution in [-0.2, 0) is 0 Å². The Morgan fingerprint density at radius 2 is 1.69 bits per heavy atom. The van der Waals surface area contributed by atoms with Crippen molar-refractivity contribution in [1.29, 1.82) is 0 Å². The summed E-state index contributed by atoms with van der Waals surface area (Å²) in [5, 5.41) is 3.32. The lowest BCUT2D eigenvalue weighted by atomic mass is 10.2. The third kappa shape index (κ3) is 4.39. The molecule has 0 amide bonds. The monoisotopic (exact) mass is 393 g/mol. The molecule has 29 heavy (non-hydrogen) atoms. The van der Waals surface area contributed by atoms with Gasteiger partial charge in [0.15, 0.2) is 0 Å². The average Bonchev–Trinajstić information content (AvgIpc) is 2.74. The Balaban J connectivity index is 1.47. The minimum absolute atomic E-state index is 0.177. The molecule has 0 aliphatic carbocycles. The van der Waals surface area contributed by atoms with Gasteiger partial charge in [0, 0.05) is 44.0 Å². The molecular weight excluding hydrogens is 369 g/mol. The van der Waals surface area contributed by atoms with Crippen molar-refractivity contribution in [1.82, 2.24) is 9.97 Å². The first-order chi connectivity index (χ1) is 14.1. The molecule has 4 rings (SSSR count). The number of hydrogen-bond acceptors (Lipinski definition) is 6. The molecular formula is C22H24FN5O. The molecule has 1 aromatic heterocycles. The molecule has 0 bridgehead atoms. The van der Waals surface area contributed by atoms with Gasteiger partial charge in [-0.05, 0) is 31.2 Å². The topological polar surface area (TPSA) is 53.5 Å². The van der Waals surface area contributed by atoms with Crippen LogP contribution in [0.5, 0.6) is 5.75 Å². The van der Waals surface area contributed by atoms with Crippen molar-refractivity contribution in [2.45, 2.75) is 6.92 Å². The number of piperazine rings is 1. The lowest BCUT2D eigenvalue weighted by molar-refractivity contribution is 0.415. The van der Waals surface area contributed by atoms with Gasteiger partial charge in [-0.1, -0.05) is 18.2 Å². The number of halogens is 1. The van der Waals surface area contributed by atoms with Gasteiger partial charge in [-0.25, -0.2) is 14.4 Å². The molecule has 0 saturated carbocycles. The largest absolute Gasteiger partial charge is 0.497 e. The third-order valence-electron chi connectivity index (χ3n) is 4.96. The number of nitrogens with zero attached hydrogens (tertiary/aromatic N) is 4. The second-order valence-corrected chi connectivity index (χ2v) is 6.94. The first-order valence-electron chi connectivity index (χ1n) is 9.63. The van der Waals surface area contributed by atoms with E-state index in [2.05, 4.69) is 25.1 Å². The first kappa shape index (κ1) is 19.0. The summed E-state index contributed by atoms with van der Waals surface area (Å²) in [6, 6.07) is 16.6. The van der Waals surface area contributed by atoms with E-state index in [9.17, 15) is 4.39 Å². The van der Waals surface area contributed by atoms with Crippen molar-refractivity contribution in [2.24, 2.45) is 0 Å². The maximum Gasteiger partial charge on any atom is 0.146 e. The van der Waals surface area contributed by atoms with Crippen LogP contribution in [0.1, 0.15) is 5.82 Å². The Bertz CT molecular complexity index is 988. The molecule has 2 heterocycles. The number of aryl methyl sites for hydroxylation is 1. The highest BCUT2D eigenvalue weighted by molar-refractivity contribution is 5.61. The van der Waals surface area contributed by atoms with Crippen LogP contribution in [0.4, 0.5) is 27.4 Å². The summed E-state index contributed by atoms with van der Waals surface area (Å²) < 4.78 is 19.3. The van der Waals surface area contributed by atoms with Gasteiger partial charge in [0.25, 0.3) is 0 Å². The summed E-state index contributed by atoms with van der Waals surface area (Å²) in [5.41, 5.74) is 1.56. The SMILES string of the molecule is COc1cccc(Nc2cc(N3CCN(c4ccccc4F)CC3)nc(C)n2)c1. The van der Waals surface area contributed by atoms with E-state index >= 15 is 0 Å². The lowest BCUT2D eigenvalue weighted by Crippen LogP contribution is -2.47. The van der Waals surface area contributed by atoms with E-state index in [1.54, 1.807) is 13.2 Å². The standard InChI is InChI=1S/C22H24FN5O/c1-16-24-21(26-17-6-5-7-18(14-17)29-2)15-22(25-16)28-12-10-27(11-13-28)20-9-4-3-8-19(20)23/h3-9,14-15H,10-13H2,1-2H3,(H,24,25,26). The zero-order chi connectivity index (χ0) is 20.2. The quantitative estimate of drug-likeness (QED) is 0.707. The molecule has 1 aliphatic rings. The van der Waals surface area contributed by atoms with Gasteiger partial charge in [-0.2, -0.15) is 0 Å². The molecule has 1 saturated heterocycles. The average molecular weight is 393 g/mol. The predicted octanol–water partition coefficient (Wildman–Crippen LogP) is 4.00. The summed E-state index contributed by atoms with van der Waals surface area (Å²) in [7, 11) is 1.65. The van der Waals surface area contributed by atoms with Crippen LogP contribution in [0.25, 0.3) is 0 Å². The Morgan fingerprint density at radius 3 is 2.45 bits per heavy atom. The minimum Gasteiger partial charge on any atom is -0.497 e. The summed E-state index contributed by atoms with van der Waals surface area (Å²) in [4.78, 5) is 13.4. The normalized spacial score (nSPS) is 14.0. The Kier molecular flexibility index (Phi) is 5.46. The zero-order valence-electron chi connectivity index (χ0n) is 16.6. The molecule has 0 radical (unpaired) electrons. The lowest BCUT2D eigenvalue weighted by Gasteiger charge is -2.37. The number of nitrogens with one attached hydrogen (secondary N) is 1. The van der Waals surface area contributed by atoms with Crippen molar-refractivity contribution in [3.8, 4) is 5.75 Å². The highest BCUT2D eigenvalue weighted by Gasteiger charge is 2.21. The van der Waals surface area contributed by atoms with Crippen LogP contribution >= 0.6 is 0 Å². The van der Waals surface area contributed by atoms with Crippen molar-refractivity contribution in [3.63, 3.8) is 0 Å². The molecule has 0 spiro atoms. The molecule has 3 aromatic rings. The second kappa shape index (κ2) is 8.34. The van der Waals surface area contributed by atoms with Gasteiger partial charge < -0.3 is 19.9 Å². The molecule has 150 valence electrons. The zero-order valence-corrected chi connectivity index (χ0v) is 16.6. The number of para-hydroxylation sites is 1. The van der Waals surface area contributed by atoms with Gasteiger partial charge in [0.2, 0.25) is 0 Å². The van der Waals surface area contributed by atoms with Gasteiger partial charge >= 0.3 is 0 Å². The van der Waals surface area contributed by atoms with E-state index in [-0.39, 0.29) is 5.82 Å². The Labute approximate surface area is 170 Å². The van der Waals surface area contributed by atoms with E-state index in [1.165, 1.54) is 6.07 Å². The smallest absolute Gasteiger partial charge is 0.146 e. The number of hydrogen-bond donors (Lipinski definition) is 1. The first-order valence-corrected chi connectivity index (χ1v) is 9.63. The summed E-state index contributed by atoms with van der Waals surface area (Å²) in [5.74, 6) is 2.91. The molecule has 1 N–H and O–H groups in total. The number of methoxy groups -OCH3 is 1. The van der Waals surface area contributed by atoms with Gasteiger partial charge in [-0.3, -0.25) is 0 Å². The molecule has 2 aromatic carbocycles. The van der Waals surface area contributed by atoms with Crippen LogP contribution in [0.2, 0.25) is 0 Å². The minimum atomic E-state index is -0.177. The number of benzene rings is 2. The maximum absolute atomic E-state index is 14.1. The fourth-order valence-electron chi connectivity index (χ4n) is 3.51. The van der Waals surface area contributed by atoms with Crippen LogP contribution in [0.3, 0.4) is 0 Å². The summed E-state index contributed by atoms with van der Waals surface area (Å²) in [6.45, 7) is 4.90. The fourth-order valence-corrected chi connectivity index (χ4v) is 3.51. The van der Waals surface area contributed by atoms with Crippen molar-refractivity contribution in [3.05, 3.63) is 66.2 Å². The fraction of sp³-hybridized carbons (Fsp3) is 0.273. The second-order valence-electron chi connectivity index (χ2n) is 6.94. The summed E-state index contributed by atoms with van der Waals surface area (Å²) in [6.07, 6.45) is 0. The number of ether oxygens (including phenoxy) is 1. The number of anilines is 4. The van der Waals surface area contributed by atoms with Crippen molar-refractivity contribution < 1.29 is 9.13 Å². The molecule has 1 fully saturated rings. The van der Waals surface area contributed by atoms with Crippen LogP contribution in [0.15, 0.2) is 54.6 Å². The molecule has 0 unspecified atom stereocenters. The molecule has 7 heteroatoms. The van der Waals surface area contributed by atoms with E-state index in [0.717, 1.165) is 49.3 Å². The number of rotatable bonds is 5. The highest BCUT2D eigenvalue weighted by atomic mass is 19.1. The van der Waals surface area contributed by atoms with Crippen LogP contribution < -0.4 is 19.9 Å². The van der Waals surface area contributed by atoms with Crippen LogP contribution in [-0.4, -0.2) is 43.3 Å². The predicted molar refractivity (Wildman–Crippen MR) is 114 cm³/mol. The maximum atomic E-state index is 14.1. The van der Waals surface area contributed by atoms with E-state index in [1.807, 2.05) is 49.4 Å². The van der Waals surface area contributed by atoms with E-state index < -0.39 is 0 Å². The Hall–Kier alpha value is -3.35. The van der Waals surface area contributed by atoms with Gasteiger partial charge in [-0.15, -0.1) is 0 Å². The van der Waals surface area contributed by atoms with Crippen molar-refractivity contribution in [2.75, 3.05) is 48.4 Å². The highest BCUT2D eigenvalue weighted by Crippen LogP contribution is 2.25. The van der Waals surface area contributed by atoms with E-state index in [0.29, 0.717) is 11.5 Å². The molecule has 1 aliphatic heterocycles. The van der Waals surface area contributed by atoms with E-state index in [4.69, 9.17) is 4.74 Å². The molecule has 0 atom stereocenters. The summed E-state index contributed by atoms with van der Waals surface area (Å²) >= 11 is 0.